The summed E-state index contributed by atoms with van der Waals surface area (Å²) in [6.45, 7) is 17.4. The van der Waals surface area contributed by atoms with E-state index in [0.717, 1.165) is 12.8 Å². The molecule has 4 heteroatoms. The van der Waals surface area contributed by atoms with Gasteiger partial charge >= 0.3 is 0 Å². The van der Waals surface area contributed by atoms with Crippen LogP contribution in [0.5, 0.6) is 0 Å². The molecular weight excluding hydrogens is 622 g/mol. The number of ether oxygens (including phenoxy) is 1. The molecule has 3 atom stereocenters. The summed E-state index contributed by atoms with van der Waals surface area (Å²) in [6.07, 6.45) is 5.86. The summed E-state index contributed by atoms with van der Waals surface area (Å²) in [5.74, 6) is 0.743. The second-order valence-corrected chi connectivity index (χ2v) is 13.5. The molecule has 1 saturated heterocycles. The van der Waals surface area contributed by atoms with Crippen molar-refractivity contribution in [2.45, 2.75) is 44.8 Å². The molecule has 1 aliphatic heterocycles. The van der Waals surface area contributed by atoms with Crippen LogP contribution in [0, 0.1) is 49.6 Å². The van der Waals surface area contributed by atoms with E-state index in [1.54, 1.807) is 0 Å². The molecule has 1 aliphatic rings. The van der Waals surface area contributed by atoms with Crippen LogP contribution in [-0.4, -0.2) is 21.0 Å². The number of hydrogen-bond donors (Lipinski definition) is 0. The summed E-state index contributed by atoms with van der Waals surface area (Å²) in [7, 11) is -2.55. The zero-order valence-corrected chi connectivity index (χ0v) is 24.3. The van der Waals surface area contributed by atoms with E-state index in [9.17, 15) is 0 Å². The van der Waals surface area contributed by atoms with Crippen molar-refractivity contribution in [3.8, 4) is 0 Å². The molecule has 0 unspecified atom stereocenters. The van der Waals surface area contributed by atoms with Gasteiger partial charge in [-0.1, -0.05) is 100 Å². The van der Waals surface area contributed by atoms with Crippen molar-refractivity contribution < 1.29 is 40.3 Å². The zero-order valence-electron chi connectivity index (χ0n) is 19.1. The molecule has 0 saturated carbocycles. The van der Waals surface area contributed by atoms with Gasteiger partial charge in [-0.2, -0.15) is 0 Å². The maximum Gasteiger partial charge on any atom is 0.261 e. The minimum Gasteiger partial charge on any atom is -0.548 e. The van der Waals surface area contributed by atoms with Gasteiger partial charge in [0.05, 0.1) is 6.61 Å². The van der Waals surface area contributed by atoms with E-state index in [0.29, 0.717) is 18.4 Å². The average Bonchev–Trinajstić information content (AvgIpc) is 3.11. The number of allylic oxidation sites excluding steroid dienone is 2. The minimum atomic E-state index is -2.55. The maximum atomic E-state index is 7.09. The van der Waals surface area contributed by atoms with Crippen LogP contribution in [0.15, 0.2) is 86.0 Å². The summed E-state index contributed by atoms with van der Waals surface area (Å²) < 4.78 is 13.2. The van der Waals surface area contributed by atoms with Crippen molar-refractivity contribution in [1.82, 2.24) is 0 Å². The van der Waals surface area contributed by atoms with E-state index in [1.807, 2.05) is 18.8 Å². The van der Waals surface area contributed by atoms with Gasteiger partial charge < -0.3 is 9.16 Å². The van der Waals surface area contributed by atoms with Crippen LogP contribution >= 0.6 is 0 Å². The SMILES string of the molecule is C=CC[C@@H]1[C@@H](CC=C)[CH-]O[C@@H]1CO[Si](c1ccccc1)(c1ccccc1)C(C)(C)C.[U]. The second-order valence-electron chi connectivity index (χ2n) is 9.16. The Labute approximate surface area is 213 Å². The van der Waals surface area contributed by atoms with Crippen LogP contribution in [-0.2, 0) is 9.16 Å². The van der Waals surface area contributed by atoms with Gasteiger partial charge in [-0.3, -0.25) is 0 Å². The van der Waals surface area contributed by atoms with Gasteiger partial charge in [0.25, 0.3) is 8.32 Å². The monoisotopic (exact) mass is 657 g/mol. The number of rotatable bonds is 9. The molecule has 0 radical (unpaired) electrons. The molecule has 31 heavy (non-hydrogen) atoms. The molecule has 0 amide bonds. The van der Waals surface area contributed by atoms with Gasteiger partial charge in [-0.25, -0.2) is 6.61 Å². The maximum absolute atomic E-state index is 7.09. The fourth-order valence-electron chi connectivity index (χ4n) is 4.75. The van der Waals surface area contributed by atoms with Gasteiger partial charge in [-0.15, -0.1) is 19.1 Å². The van der Waals surface area contributed by atoms with Crippen LogP contribution in [0.1, 0.15) is 33.6 Å². The minimum absolute atomic E-state index is 0. The Morgan fingerprint density at radius 2 is 1.45 bits per heavy atom. The van der Waals surface area contributed by atoms with E-state index in [1.165, 1.54) is 10.4 Å². The average molecular weight is 658 g/mol. The summed E-state index contributed by atoms with van der Waals surface area (Å²) >= 11 is 0. The van der Waals surface area contributed by atoms with Crippen molar-refractivity contribution >= 4 is 18.7 Å². The van der Waals surface area contributed by atoms with Gasteiger partial charge in [-0.05, 0) is 27.8 Å². The summed E-state index contributed by atoms with van der Waals surface area (Å²) in [5, 5.41) is 2.56. The van der Waals surface area contributed by atoms with Crippen molar-refractivity contribution in [1.29, 1.82) is 0 Å². The molecule has 2 aromatic carbocycles. The van der Waals surface area contributed by atoms with Crippen molar-refractivity contribution in [3.05, 3.63) is 92.6 Å². The quantitative estimate of drug-likeness (QED) is 0.201. The summed E-state index contributed by atoms with van der Waals surface area (Å²) in [6, 6.07) is 21.6. The van der Waals surface area contributed by atoms with E-state index in [2.05, 4.69) is 94.6 Å². The van der Waals surface area contributed by atoms with Crippen molar-refractivity contribution in [3.63, 3.8) is 0 Å². The third-order valence-corrected chi connectivity index (χ3v) is 11.2. The summed E-state index contributed by atoms with van der Waals surface area (Å²) in [4.78, 5) is 0. The smallest absolute Gasteiger partial charge is 0.261 e. The molecule has 0 N–H and O–H groups in total. The van der Waals surface area contributed by atoms with Crippen LogP contribution in [0.4, 0.5) is 0 Å². The Morgan fingerprint density at radius 1 is 0.935 bits per heavy atom. The molecule has 1 fully saturated rings. The van der Waals surface area contributed by atoms with E-state index < -0.39 is 8.32 Å². The summed E-state index contributed by atoms with van der Waals surface area (Å²) in [5.41, 5.74) is 0. The zero-order chi connectivity index (χ0) is 21.6. The Morgan fingerprint density at radius 3 is 1.90 bits per heavy atom. The molecule has 0 aromatic heterocycles. The van der Waals surface area contributed by atoms with E-state index >= 15 is 0 Å². The largest absolute Gasteiger partial charge is 0.548 e. The Balaban J connectivity index is 0.00000341. The predicted octanol–water partition coefficient (Wildman–Crippen LogP) is 5.51. The first kappa shape index (κ1) is 26.4. The molecule has 3 rings (SSSR count). The normalized spacial score (nSPS) is 21.3. The van der Waals surface area contributed by atoms with Crippen molar-refractivity contribution in [2.75, 3.05) is 6.61 Å². The van der Waals surface area contributed by atoms with Crippen LogP contribution in [0.3, 0.4) is 0 Å². The second kappa shape index (κ2) is 11.8. The molecular formula is C27H35O2SiU-. The Hall–Kier alpha value is -0.891. The van der Waals surface area contributed by atoms with E-state index in [-0.39, 0.29) is 42.3 Å². The van der Waals surface area contributed by atoms with Crippen LogP contribution in [0.2, 0.25) is 5.04 Å². The fourth-order valence-corrected chi connectivity index (χ4v) is 9.32. The fraction of sp³-hybridized carbons (Fsp3) is 0.370. The third kappa shape index (κ3) is 5.73. The molecule has 2 nitrogen and oxygen atoms in total. The molecule has 0 aliphatic carbocycles. The first-order valence-corrected chi connectivity index (χ1v) is 12.8. The Kier molecular flexibility index (Phi) is 10.1. The predicted molar refractivity (Wildman–Crippen MR) is 129 cm³/mol. The molecule has 164 valence electrons. The van der Waals surface area contributed by atoms with Crippen LogP contribution in [0.25, 0.3) is 0 Å². The number of benzene rings is 2. The molecule has 1 heterocycles. The standard InChI is InChI=1S/C27H35O2Si.U/c1-6-14-22-20-28-26(25(22)15-7-2)21-29-30(27(3,4)5,23-16-10-8-11-17-23)24-18-12-9-13-19-24;/h6-13,16-20,22,25-26H,1-2,14-15,21H2,3-5H3;/q-1;/t22-,25+,26+;/m0./s1. The van der Waals surface area contributed by atoms with Gasteiger partial charge in [0.1, 0.15) is 0 Å². The topological polar surface area (TPSA) is 18.5 Å². The third-order valence-electron chi connectivity index (χ3n) is 6.21. The first-order valence-electron chi connectivity index (χ1n) is 10.9. The number of hydrogen-bond acceptors (Lipinski definition) is 2. The van der Waals surface area contributed by atoms with Gasteiger partial charge in [0, 0.05) is 37.2 Å². The molecule has 0 bridgehead atoms. The van der Waals surface area contributed by atoms with Crippen LogP contribution < -0.4 is 10.4 Å². The molecule has 0 spiro atoms. The van der Waals surface area contributed by atoms with E-state index in [4.69, 9.17) is 9.16 Å². The Bertz CT molecular complexity index is 777. The first-order chi connectivity index (χ1) is 14.4. The van der Waals surface area contributed by atoms with Gasteiger partial charge in [0.15, 0.2) is 0 Å². The molecule has 2 aromatic rings. The van der Waals surface area contributed by atoms with Crippen molar-refractivity contribution in [2.24, 2.45) is 11.8 Å². The van der Waals surface area contributed by atoms with Gasteiger partial charge in [0.2, 0.25) is 0 Å².